The van der Waals surface area contributed by atoms with Crippen molar-refractivity contribution < 1.29 is 4.79 Å². The quantitative estimate of drug-likeness (QED) is 0.715. The highest BCUT2D eigenvalue weighted by atomic mass is 16.2. The number of carbonyl (C=O) groups excluding carboxylic acids is 1. The zero-order valence-electron chi connectivity index (χ0n) is 16.5. The predicted octanol–water partition coefficient (Wildman–Crippen LogP) is 2.12. The molecule has 0 saturated carbocycles. The molecule has 150 valence electrons. The minimum Gasteiger partial charge on any atom is -0.347 e. The van der Waals surface area contributed by atoms with Crippen LogP contribution in [-0.2, 0) is 25.9 Å². The van der Waals surface area contributed by atoms with Crippen LogP contribution in [0.2, 0.25) is 0 Å². The zero-order valence-corrected chi connectivity index (χ0v) is 16.5. The van der Waals surface area contributed by atoms with Gasteiger partial charge in [0.2, 0.25) is 0 Å². The molecule has 1 aromatic carbocycles. The first-order valence-electron chi connectivity index (χ1n) is 10.4. The van der Waals surface area contributed by atoms with Crippen LogP contribution in [0.1, 0.15) is 45.6 Å². The predicted molar refractivity (Wildman–Crippen MR) is 110 cm³/mol. The first-order valence-corrected chi connectivity index (χ1v) is 10.4. The third kappa shape index (κ3) is 3.70. The Hall–Kier alpha value is -2.93. The molecule has 7 nitrogen and oxygen atoms in total. The van der Waals surface area contributed by atoms with Crippen LogP contribution in [0.5, 0.6) is 0 Å². The summed E-state index contributed by atoms with van der Waals surface area (Å²) in [6.07, 6.45) is 6.48. The molecule has 1 atom stereocenters. The Balaban J connectivity index is 1.34. The van der Waals surface area contributed by atoms with E-state index >= 15 is 0 Å². The number of hydrogen-bond acceptors (Lipinski definition) is 4. The third-order valence-electron chi connectivity index (χ3n) is 5.97. The van der Waals surface area contributed by atoms with Gasteiger partial charge in [0.05, 0.1) is 24.3 Å². The molecule has 2 aliphatic heterocycles. The first kappa shape index (κ1) is 18.1. The first-order chi connectivity index (χ1) is 14.3. The molecule has 1 amide bonds. The second kappa shape index (κ2) is 7.83. The fourth-order valence-electron chi connectivity index (χ4n) is 4.42. The Bertz CT molecular complexity index is 968. The number of carbonyl (C=O) groups is 1. The number of fused-ring (bicyclic) bond motifs is 2. The smallest absolute Gasteiger partial charge is 0.274 e. The van der Waals surface area contributed by atoms with Crippen molar-refractivity contribution in [1.29, 1.82) is 0 Å². The van der Waals surface area contributed by atoms with Crippen LogP contribution in [0.4, 0.5) is 0 Å². The lowest BCUT2D eigenvalue weighted by atomic mass is 9.92. The highest BCUT2D eigenvalue weighted by Crippen LogP contribution is 2.30. The minimum atomic E-state index is 0.0171. The van der Waals surface area contributed by atoms with Crippen LogP contribution in [-0.4, -0.2) is 50.0 Å². The van der Waals surface area contributed by atoms with Crippen LogP contribution in [0.25, 0.3) is 0 Å². The molecule has 2 aromatic heterocycles. The van der Waals surface area contributed by atoms with Gasteiger partial charge in [-0.2, -0.15) is 0 Å². The maximum Gasteiger partial charge on any atom is 0.274 e. The Morgan fingerprint density at radius 2 is 2.10 bits per heavy atom. The molecule has 7 heteroatoms. The van der Waals surface area contributed by atoms with E-state index in [0.29, 0.717) is 18.8 Å². The van der Waals surface area contributed by atoms with Crippen molar-refractivity contribution in [3.8, 4) is 0 Å². The number of rotatable bonds is 4. The van der Waals surface area contributed by atoms with Crippen molar-refractivity contribution >= 4 is 5.91 Å². The Kier molecular flexibility index (Phi) is 4.89. The number of imidazole rings is 2. The largest absolute Gasteiger partial charge is 0.347 e. The number of aromatic amines is 1. The van der Waals surface area contributed by atoms with Crippen LogP contribution < -0.4 is 5.32 Å². The second-order valence-corrected chi connectivity index (χ2v) is 7.91. The van der Waals surface area contributed by atoms with Gasteiger partial charge in [0.1, 0.15) is 11.5 Å². The van der Waals surface area contributed by atoms with Gasteiger partial charge in [0.15, 0.2) is 0 Å². The number of hydrogen-bond donors (Lipinski definition) is 2. The van der Waals surface area contributed by atoms with Crippen molar-refractivity contribution in [2.45, 2.75) is 38.3 Å². The molecular formula is C22H26N6O. The van der Waals surface area contributed by atoms with E-state index < -0.39 is 0 Å². The molecule has 0 fully saturated rings. The van der Waals surface area contributed by atoms with Crippen molar-refractivity contribution in [3.63, 3.8) is 0 Å². The summed E-state index contributed by atoms with van der Waals surface area (Å²) in [5.74, 6) is 1.25. The van der Waals surface area contributed by atoms with E-state index in [1.807, 2.05) is 17.2 Å². The molecule has 2 aliphatic rings. The average molecular weight is 390 g/mol. The topological polar surface area (TPSA) is 78.8 Å². The molecule has 29 heavy (non-hydrogen) atoms. The van der Waals surface area contributed by atoms with E-state index in [-0.39, 0.29) is 11.8 Å². The standard InChI is InChI=1S/C22H26N6O/c29-22(19-14-27-11-10-23-9-8-20(27)26-19)28-12-17(21-18(13-28)24-15-25-21)7-6-16-4-2-1-3-5-16/h1-5,14-15,17,23H,6-13H2,(H,24,25). The van der Waals surface area contributed by atoms with Gasteiger partial charge in [-0.05, 0) is 18.4 Å². The molecule has 1 unspecified atom stereocenters. The second-order valence-electron chi connectivity index (χ2n) is 7.91. The highest BCUT2D eigenvalue weighted by molar-refractivity contribution is 5.92. The summed E-state index contributed by atoms with van der Waals surface area (Å²) >= 11 is 0. The van der Waals surface area contributed by atoms with E-state index in [0.717, 1.165) is 56.1 Å². The summed E-state index contributed by atoms with van der Waals surface area (Å²) in [5, 5.41) is 3.37. The number of nitrogens with one attached hydrogen (secondary N) is 2. The highest BCUT2D eigenvalue weighted by Gasteiger charge is 2.31. The normalized spacial score (nSPS) is 18.8. The van der Waals surface area contributed by atoms with Gasteiger partial charge < -0.3 is 19.8 Å². The molecule has 0 saturated heterocycles. The average Bonchev–Trinajstić information content (AvgIpc) is 3.34. The number of nitrogens with zero attached hydrogens (tertiary/aromatic N) is 4. The molecule has 0 radical (unpaired) electrons. The van der Waals surface area contributed by atoms with Crippen molar-refractivity contribution in [2.75, 3.05) is 19.6 Å². The summed E-state index contributed by atoms with van der Waals surface area (Å²) in [4.78, 5) is 27.6. The molecule has 0 bridgehead atoms. The van der Waals surface area contributed by atoms with Crippen LogP contribution in [0, 0.1) is 0 Å². The SMILES string of the molecule is O=C(c1cn2c(n1)CCNCC2)N1Cc2[nH]cnc2C(CCc2ccccc2)C1. The van der Waals surface area contributed by atoms with E-state index in [1.165, 1.54) is 5.56 Å². The summed E-state index contributed by atoms with van der Waals surface area (Å²) in [6, 6.07) is 10.5. The summed E-state index contributed by atoms with van der Waals surface area (Å²) in [6.45, 7) is 3.94. The summed E-state index contributed by atoms with van der Waals surface area (Å²) < 4.78 is 2.12. The van der Waals surface area contributed by atoms with Gasteiger partial charge in [-0.3, -0.25) is 4.79 Å². The van der Waals surface area contributed by atoms with Gasteiger partial charge in [0, 0.05) is 44.7 Å². The number of aromatic nitrogens is 4. The van der Waals surface area contributed by atoms with Gasteiger partial charge in [-0.25, -0.2) is 9.97 Å². The van der Waals surface area contributed by atoms with Crippen molar-refractivity contribution in [1.82, 2.24) is 29.7 Å². The van der Waals surface area contributed by atoms with Crippen LogP contribution in [0.3, 0.4) is 0 Å². The van der Waals surface area contributed by atoms with Gasteiger partial charge >= 0.3 is 0 Å². The van der Waals surface area contributed by atoms with Gasteiger partial charge in [-0.1, -0.05) is 30.3 Å². The van der Waals surface area contributed by atoms with Crippen molar-refractivity contribution in [3.05, 3.63) is 71.3 Å². The number of benzene rings is 1. The fourth-order valence-corrected chi connectivity index (χ4v) is 4.42. The van der Waals surface area contributed by atoms with E-state index in [9.17, 15) is 4.79 Å². The summed E-state index contributed by atoms with van der Waals surface area (Å²) in [7, 11) is 0. The Morgan fingerprint density at radius 3 is 3.00 bits per heavy atom. The monoisotopic (exact) mass is 390 g/mol. The Morgan fingerprint density at radius 1 is 1.21 bits per heavy atom. The number of H-pyrrole nitrogens is 1. The molecule has 4 heterocycles. The Labute approximate surface area is 170 Å². The lowest BCUT2D eigenvalue weighted by molar-refractivity contribution is 0.0706. The number of amides is 1. The van der Waals surface area contributed by atoms with E-state index in [1.54, 1.807) is 6.33 Å². The van der Waals surface area contributed by atoms with Crippen LogP contribution in [0.15, 0.2) is 42.9 Å². The molecule has 2 N–H and O–H groups in total. The maximum absolute atomic E-state index is 13.3. The molecule has 5 rings (SSSR count). The number of aryl methyl sites for hydroxylation is 1. The van der Waals surface area contributed by atoms with Gasteiger partial charge in [0.25, 0.3) is 5.91 Å². The maximum atomic E-state index is 13.3. The zero-order chi connectivity index (χ0) is 19.6. The van der Waals surface area contributed by atoms with Crippen LogP contribution >= 0.6 is 0 Å². The van der Waals surface area contributed by atoms with Crippen molar-refractivity contribution in [2.24, 2.45) is 0 Å². The summed E-state index contributed by atoms with van der Waals surface area (Å²) in [5.41, 5.74) is 4.04. The van der Waals surface area contributed by atoms with E-state index in [4.69, 9.17) is 0 Å². The minimum absolute atomic E-state index is 0.0171. The molecular weight excluding hydrogens is 364 g/mol. The molecule has 0 aliphatic carbocycles. The lowest BCUT2D eigenvalue weighted by Crippen LogP contribution is -2.38. The van der Waals surface area contributed by atoms with E-state index in [2.05, 4.69) is 49.1 Å². The molecule has 0 spiro atoms. The lowest BCUT2D eigenvalue weighted by Gasteiger charge is -2.31. The fraction of sp³-hybridized carbons (Fsp3) is 0.409. The molecule has 3 aromatic rings. The third-order valence-corrected chi connectivity index (χ3v) is 5.97. The van der Waals surface area contributed by atoms with Gasteiger partial charge in [-0.15, -0.1) is 0 Å².